The summed E-state index contributed by atoms with van der Waals surface area (Å²) in [6, 6.07) is 0. The molecule has 4 heteroatoms. The van der Waals surface area contributed by atoms with Crippen molar-refractivity contribution >= 4 is 5.97 Å². The number of nitrogens with zero attached hydrogens (tertiary/aromatic N) is 1. The quantitative estimate of drug-likeness (QED) is 0.676. The molecule has 1 aliphatic carbocycles. The van der Waals surface area contributed by atoms with E-state index in [4.69, 9.17) is 9.47 Å². The fourth-order valence-corrected chi connectivity index (χ4v) is 2.49. The lowest BCUT2D eigenvalue weighted by Crippen LogP contribution is -2.51. The Morgan fingerprint density at radius 2 is 2.19 bits per heavy atom. The standard InChI is InChI=1S/C12H21NO3/c1-9-6-13(7-10-4-3-5-10)8-11(16-9)12(14)15-2/h9-11H,3-8H2,1-2H3/t9-,11?/m1/s1. The van der Waals surface area contributed by atoms with E-state index in [9.17, 15) is 4.79 Å². The Morgan fingerprint density at radius 1 is 1.44 bits per heavy atom. The summed E-state index contributed by atoms with van der Waals surface area (Å²) in [7, 11) is 1.42. The summed E-state index contributed by atoms with van der Waals surface area (Å²) in [5, 5.41) is 0. The molecule has 0 spiro atoms. The first-order valence-electron chi connectivity index (χ1n) is 6.14. The normalized spacial score (nSPS) is 32.1. The SMILES string of the molecule is COC(=O)C1CN(CC2CCC2)C[C@@H](C)O1. The largest absolute Gasteiger partial charge is 0.467 e. The topological polar surface area (TPSA) is 38.8 Å². The number of carbonyl (C=O) groups excluding carboxylic acids is 1. The summed E-state index contributed by atoms with van der Waals surface area (Å²) in [5.41, 5.74) is 0. The van der Waals surface area contributed by atoms with E-state index in [1.165, 1.54) is 26.4 Å². The molecule has 2 rings (SSSR count). The maximum absolute atomic E-state index is 11.5. The molecule has 2 aliphatic rings. The minimum absolute atomic E-state index is 0.123. The van der Waals surface area contributed by atoms with Crippen molar-refractivity contribution in [3.63, 3.8) is 0 Å². The van der Waals surface area contributed by atoms with Crippen LogP contribution in [0.2, 0.25) is 0 Å². The number of methoxy groups -OCH3 is 1. The van der Waals surface area contributed by atoms with Gasteiger partial charge in [0.15, 0.2) is 6.10 Å². The number of hydrogen-bond acceptors (Lipinski definition) is 4. The molecule has 16 heavy (non-hydrogen) atoms. The van der Waals surface area contributed by atoms with E-state index in [2.05, 4.69) is 4.90 Å². The van der Waals surface area contributed by atoms with Crippen LogP contribution in [0.25, 0.3) is 0 Å². The van der Waals surface area contributed by atoms with Gasteiger partial charge >= 0.3 is 5.97 Å². The van der Waals surface area contributed by atoms with Gasteiger partial charge in [0.05, 0.1) is 13.2 Å². The van der Waals surface area contributed by atoms with Crippen molar-refractivity contribution in [1.29, 1.82) is 0 Å². The zero-order valence-electron chi connectivity index (χ0n) is 10.1. The number of rotatable bonds is 3. The Kier molecular flexibility index (Phi) is 3.82. The van der Waals surface area contributed by atoms with Gasteiger partial charge in [-0.3, -0.25) is 4.90 Å². The zero-order valence-corrected chi connectivity index (χ0v) is 10.1. The maximum atomic E-state index is 11.5. The van der Waals surface area contributed by atoms with Crippen molar-refractivity contribution in [2.75, 3.05) is 26.7 Å². The Balaban J connectivity index is 1.85. The number of carbonyl (C=O) groups is 1. The predicted molar refractivity (Wildman–Crippen MR) is 60.1 cm³/mol. The van der Waals surface area contributed by atoms with Gasteiger partial charge in [0.2, 0.25) is 0 Å². The Hall–Kier alpha value is -0.610. The third-order valence-corrected chi connectivity index (χ3v) is 3.54. The molecule has 92 valence electrons. The highest BCUT2D eigenvalue weighted by molar-refractivity contribution is 5.74. The van der Waals surface area contributed by atoms with Gasteiger partial charge in [-0.15, -0.1) is 0 Å². The molecule has 0 aromatic carbocycles. The number of ether oxygens (including phenoxy) is 2. The zero-order chi connectivity index (χ0) is 11.5. The van der Waals surface area contributed by atoms with Crippen LogP contribution in [0.1, 0.15) is 26.2 Å². The minimum atomic E-state index is -0.395. The molecule has 1 heterocycles. The van der Waals surface area contributed by atoms with Crippen LogP contribution in [0.3, 0.4) is 0 Å². The predicted octanol–water partition coefficient (Wildman–Crippen LogP) is 1.05. The molecular formula is C12H21NO3. The first-order valence-corrected chi connectivity index (χ1v) is 6.14. The van der Waals surface area contributed by atoms with E-state index in [-0.39, 0.29) is 12.1 Å². The smallest absolute Gasteiger partial charge is 0.336 e. The highest BCUT2D eigenvalue weighted by Gasteiger charge is 2.32. The highest BCUT2D eigenvalue weighted by atomic mass is 16.6. The van der Waals surface area contributed by atoms with Gasteiger partial charge in [0.1, 0.15) is 0 Å². The third-order valence-electron chi connectivity index (χ3n) is 3.54. The average molecular weight is 227 g/mol. The number of esters is 1. The molecule has 2 atom stereocenters. The van der Waals surface area contributed by atoms with Crippen molar-refractivity contribution in [3.05, 3.63) is 0 Å². The third kappa shape index (κ3) is 2.74. The summed E-state index contributed by atoms with van der Waals surface area (Å²) >= 11 is 0. The van der Waals surface area contributed by atoms with Gasteiger partial charge in [0.25, 0.3) is 0 Å². The van der Waals surface area contributed by atoms with Crippen molar-refractivity contribution < 1.29 is 14.3 Å². The molecule has 0 N–H and O–H groups in total. The van der Waals surface area contributed by atoms with E-state index < -0.39 is 6.10 Å². The van der Waals surface area contributed by atoms with Gasteiger partial charge in [-0.05, 0) is 25.7 Å². The van der Waals surface area contributed by atoms with Crippen LogP contribution < -0.4 is 0 Å². The molecule has 0 aromatic heterocycles. The molecule has 1 saturated heterocycles. The molecule has 0 radical (unpaired) electrons. The summed E-state index contributed by atoms with van der Waals surface area (Å²) in [5.74, 6) is 0.591. The van der Waals surface area contributed by atoms with Crippen LogP contribution in [0.5, 0.6) is 0 Å². The molecule has 4 nitrogen and oxygen atoms in total. The number of hydrogen-bond donors (Lipinski definition) is 0. The van der Waals surface area contributed by atoms with Crippen LogP contribution in [0, 0.1) is 5.92 Å². The molecule has 1 unspecified atom stereocenters. The molecule has 0 amide bonds. The van der Waals surface area contributed by atoms with Crippen molar-refractivity contribution in [2.24, 2.45) is 5.92 Å². The van der Waals surface area contributed by atoms with Gasteiger partial charge in [0, 0.05) is 19.6 Å². The first-order chi connectivity index (χ1) is 7.69. The lowest BCUT2D eigenvalue weighted by atomic mass is 9.85. The van der Waals surface area contributed by atoms with Crippen molar-refractivity contribution in [2.45, 2.75) is 38.4 Å². The van der Waals surface area contributed by atoms with E-state index in [1.54, 1.807) is 0 Å². The van der Waals surface area contributed by atoms with Gasteiger partial charge in [-0.25, -0.2) is 4.79 Å². The summed E-state index contributed by atoms with van der Waals surface area (Å²) in [4.78, 5) is 13.8. The Bertz CT molecular complexity index is 253. The average Bonchev–Trinajstić information content (AvgIpc) is 2.21. The minimum Gasteiger partial charge on any atom is -0.467 e. The second kappa shape index (κ2) is 5.15. The van der Waals surface area contributed by atoms with Crippen LogP contribution in [-0.4, -0.2) is 49.8 Å². The van der Waals surface area contributed by atoms with E-state index in [0.717, 1.165) is 19.0 Å². The molecule has 0 aromatic rings. The van der Waals surface area contributed by atoms with E-state index in [0.29, 0.717) is 6.54 Å². The van der Waals surface area contributed by atoms with E-state index in [1.807, 2.05) is 6.92 Å². The van der Waals surface area contributed by atoms with Gasteiger partial charge in [-0.1, -0.05) is 6.42 Å². The fraction of sp³-hybridized carbons (Fsp3) is 0.917. The second-order valence-corrected chi connectivity index (χ2v) is 4.97. The Labute approximate surface area is 96.9 Å². The van der Waals surface area contributed by atoms with Crippen LogP contribution >= 0.6 is 0 Å². The fourth-order valence-electron chi connectivity index (χ4n) is 2.49. The van der Waals surface area contributed by atoms with Crippen LogP contribution in [0.4, 0.5) is 0 Å². The van der Waals surface area contributed by atoms with Gasteiger partial charge < -0.3 is 9.47 Å². The molecule has 1 aliphatic heterocycles. The van der Waals surface area contributed by atoms with Crippen LogP contribution in [0.15, 0.2) is 0 Å². The second-order valence-electron chi connectivity index (χ2n) is 4.97. The monoisotopic (exact) mass is 227 g/mol. The molecule has 2 fully saturated rings. The maximum Gasteiger partial charge on any atom is 0.336 e. The summed E-state index contributed by atoms with van der Waals surface area (Å²) in [6.07, 6.45) is 3.78. The summed E-state index contributed by atoms with van der Waals surface area (Å²) < 4.78 is 10.3. The molecular weight excluding hydrogens is 206 g/mol. The van der Waals surface area contributed by atoms with Crippen molar-refractivity contribution in [3.8, 4) is 0 Å². The molecule has 1 saturated carbocycles. The number of morpholine rings is 1. The summed E-state index contributed by atoms with van der Waals surface area (Å²) in [6.45, 7) is 4.75. The van der Waals surface area contributed by atoms with Gasteiger partial charge in [-0.2, -0.15) is 0 Å². The van der Waals surface area contributed by atoms with Crippen molar-refractivity contribution in [1.82, 2.24) is 4.90 Å². The van der Waals surface area contributed by atoms with Crippen LogP contribution in [-0.2, 0) is 14.3 Å². The van der Waals surface area contributed by atoms with E-state index >= 15 is 0 Å². The molecule has 0 bridgehead atoms. The highest BCUT2D eigenvalue weighted by Crippen LogP contribution is 2.28. The lowest BCUT2D eigenvalue weighted by Gasteiger charge is -2.39. The lowest BCUT2D eigenvalue weighted by molar-refractivity contribution is -0.166. The first kappa shape index (κ1) is 11.9. The Morgan fingerprint density at radius 3 is 2.75 bits per heavy atom.